The molecule has 10 nitrogen and oxygen atoms in total. The summed E-state index contributed by atoms with van der Waals surface area (Å²) < 4.78 is 41.2. The third-order valence-corrected chi connectivity index (χ3v) is 5.78. The molecule has 3 rings (SSSR count). The van der Waals surface area contributed by atoms with Gasteiger partial charge in [0.1, 0.15) is 17.5 Å². The first-order valence-electron chi connectivity index (χ1n) is 9.70. The maximum absolute atomic E-state index is 12.9. The predicted molar refractivity (Wildman–Crippen MR) is 114 cm³/mol. The van der Waals surface area contributed by atoms with Crippen LogP contribution >= 0.6 is 0 Å². The molecule has 0 spiro atoms. The first-order valence-corrected chi connectivity index (χ1v) is 11.4. The minimum atomic E-state index is -3.43. The van der Waals surface area contributed by atoms with Crippen LogP contribution in [0.15, 0.2) is 36.7 Å². The Balaban J connectivity index is 1.36. The van der Waals surface area contributed by atoms with E-state index >= 15 is 0 Å². The fraction of sp³-hybridized carbons (Fsp3) is 0.368. The summed E-state index contributed by atoms with van der Waals surface area (Å²) in [5.41, 5.74) is 8.12. The van der Waals surface area contributed by atoms with E-state index in [4.69, 9.17) is 5.73 Å². The summed E-state index contributed by atoms with van der Waals surface area (Å²) in [6.45, 7) is 3.17. The number of benzene rings is 1. The van der Waals surface area contributed by atoms with E-state index in [2.05, 4.69) is 30.3 Å². The fourth-order valence-electron chi connectivity index (χ4n) is 2.75. The fourth-order valence-corrected chi connectivity index (χ4v) is 3.70. The molecule has 4 N–H and O–H groups in total. The van der Waals surface area contributed by atoms with Crippen molar-refractivity contribution in [2.75, 3.05) is 24.6 Å². The highest BCUT2D eigenvalue weighted by atomic mass is 32.2. The van der Waals surface area contributed by atoms with E-state index in [1.807, 2.05) is 6.20 Å². The second-order valence-electron chi connectivity index (χ2n) is 7.00. The van der Waals surface area contributed by atoms with E-state index in [-0.39, 0.29) is 18.1 Å². The lowest BCUT2D eigenvalue weighted by Crippen LogP contribution is -2.32. The lowest BCUT2D eigenvalue weighted by molar-refractivity contribution is 0.576. The lowest BCUT2D eigenvalue weighted by atomic mass is 10.2. The number of nitrogens with two attached hydrogens (primary N) is 1. The van der Waals surface area contributed by atoms with Crippen molar-refractivity contribution < 1.29 is 12.8 Å². The Morgan fingerprint density at radius 1 is 1.19 bits per heavy atom. The molecule has 166 valence electrons. The zero-order valence-electron chi connectivity index (χ0n) is 17.1. The van der Waals surface area contributed by atoms with Crippen molar-refractivity contribution in [1.29, 1.82) is 0 Å². The van der Waals surface area contributed by atoms with Crippen LogP contribution in [0, 0.1) is 12.7 Å². The van der Waals surface area contributed by atoms with Crippen LogP contribution in [-0.2, 0) is 29.5 Å². The minimum absolute atomic E-state index is 0.0619. The molecule has 0 radical (unpaired) electrons. The van der Waals surface area contributed by atoms with Crippen molar-refractivity contribution in [3.05, 3.63) is 65.1 Å². The van der Waals surface area contributed by atoms with Gasteiger partial charge in [0.05, 0.1) is 18.0 Å². The highest BCUT2D eigenvalue weighted by Gasteiger charge is 2.10. The van der Waals surface area contributed by atoms with Crippen LogP contribution in [-0.4, -0.2) is 52.2 Å². The van der Waals surface area contributed by atoms with Crippen molar-refractivity contribution >= 4 is 15.8 Å². The highest BCUT2D eigenvalue weighted by Crippen LogP contribution is 2.09. The molecule has 1 aromatic carbocycles. The second kappa shape index (κ2) is 10.4. The number of hydrogen-bond donors (Lipinski definition) is 3. The standard InChI is InChI=1S/C19H25FN8O2S/c1-14-23-11-16(19(21)25-14)12-28-13-18(26-27-28)6-7-22-8-9-31(29,30)24-10-15-2-4-17(20)5-3-15/h2-5,11,13,22,24H,6-10,12H2,1H3,(H2,21,23,25). The van der Waals surface area contributed by atoms with Gasteiger partial charge >= 0.3 is 0 Å². The number of hydrogen-bond acceptors (Lipinski definition) is 8. The van der Waals surface area contributed by atoms with Crippen molar-refractivity contribution in [3.8, 4) is 0 Å². The van der Waals surface area contributed by atoms with Gasteiger partial charge in [0.15, 0.2) is 0 Å². The predicted octanol–water partition coefficient (Wildman–Crippen LogP) is 0.398. The van der Waals surface area contributed by atoms with Crippen LogP contribution in [0.5, 0.6) is 0 Å². The van der Waals surface area contributed by atoms with Gasteiger partial charge in [-0.3, -0.25) is 0 Å². The number of aromatic nitrogens is 5. The van der Waals surface area contributed by atoms with Crippen molar-refractivity contribution in [2.24, 2.45) is 0 Å². The number of nitrogens with zero attached hydrogens (tertiary/aromatic N) is 5. The summed E-state index contributed by atoms with van der Waals surface area (Å²) in [5.74, 6) is 0.608. The maximum atomic E-state index is 12.9. The first kappa shape index (κ1) is 22.7. The van der Waals surface area contributed by atoms with Gasteiger partial charge in [0.25, 0.3) is 0 Å². The van der Waals surface area contributed by atoms with E-state index in [0.717, 1.165) is 11.3 Å². The van der Waals surface area contributed by atoms with E-state index in [0.29, 0.717) is 43.3 Å². The molecule has 0 bridgehead atoms. The summed E-state index contributed by atoms with van der Waals surface area (Å²) in [5, 5.41) is 11.3. The van der Waals surface area contributed by atoms with E-state index in [1.54, 1.807) is 29.9 Å². The van der Waals surface area contributed by atoms with E-state index < -0.39 is 10.0 Å². The molecule has 0 unspecified atom stereocenters. The van der Waals surface area contributed by atoms with Gasteiger partial charge in [0.2, 0.25) is 10.0 Å². The Morgan fingerprint density at radius 2 is 1.97 bits per heavy atom. The summed E-state index contributed by atoms with van der Waals surface area (Å²) in [6.07, 6.45) is 4.08. The summed E-state index contributed by atoms with van der Waals surface area (Å²) in [7, 11) is -3.43. The lowest BCUT2D eigenvalue weighted by Gasteiger charge is -2.07. The smallest absolute Gasteiger partial charge is 0.213 e. The number of anilines is 1. The molecule has 0 amide bonds. The third kappa shape index (κ3) is 7.35. The van der Waals surface area contributed by atoms with Crippen LogP contribution < -0.4 is 15.8 Å². The van der Waals surface area contributed by atoms with Crippen LogP contribution in [0.4, 0.5) is 10.2 Å². The number of halogens is 1. The molecule has 2 aromatic heterocycles. The Bertz CT molecular complexity index is 1100. The van der Waals surface area contributed by atoms with Crippen LogP contribution in [0.2, 0.25) is 0 Å². The van der Waals surface area contributed by atoms with Gasteiger partial charge in [-0.2, -0.15) is 0 Å². The normalized spacial score (nSPS) is 11.7. The van der Waals surface area contributed by atoms with Crippen molar-refractivity contribution in [1.82, 2.24) is 35.0 Å². The van der Waals surface area contributed by atoms with Crippen LogP contribution in [0.25, 0.3) is 0 Å². The average molecular weight is 449 g/mol. The topological polar surface area (TPSA) is 141 Å². The molecule has 0 saturated heterocycles. The van der Waals surface area contributed by atoms with E-state index in [1.165, 1.54) is 12.1 Å². The molecule has 0 aliphatic rings. The number of nitrogens with one attached hydrogen (secondary N) is 2. The second-order valence-corrected chi connectivity index (χ2v) is 8.93. The Morgan fingerprint density at radius 3 is 2.71 bits per heavy atom. The first-order chi connectivity index (χ1) is 14.8. The number of sulfonamides is 1. The molecule has 0 aliphatic carbocycles. The minimum Gasteiger partial charge on any atom is -0.383 e. The Hall–Kier alpha value is -2.96. The Labute approximate surface area is 180 Å². The quantitative estimate of drug-likeness (QED) is 0.358. The molecule has 3 aromatic rings. The molecule has 12 heteroatoms. The van der Waals surface area contributed by atoms with Gasteiger partial charge in [-0.05, 0) is 24.6 Å². The van der Waals surface area contributed by atoms with Crippen LogP contribution in [0.3, 0.4) is 0 Å². The monoisotopic (exact) mass is 448 g/mol. The molecule has 31 heavy (non-hydrogen) atoms. The number of nitrogen functional groups attached to an aromatic ring is 1. The van der Waals surface area contributed by atoms with Crippen molar-refractivity contribution in [3.63, 3.8) is 0 Å². The van der Waals surface area contributed by atoms with E-state index in [9.17, 15) is 12.8 Å². The SMILES string of the molecule is Cc1ncc(Cn2cc(CCNCCS(=O)(=O)NCc3ccc(F)cc3)nn2)c(N)n1. The van der Waals surface area contributed by atoms with Gasteiger partial charge in [-0.1, -0.05) is 17.3 Å². The average Bonchev–Trinajstić information content (AvgIpc) is 3.17. The third-order valence-electron chi connectivity index (χ3n) is 4.45. The van der Waals surface area contributed by atoms with Gasteiger partial charge in [-0.15, -0.1) is 5.10 Å². The number of aryl methyl sites for hydroxylation is 1. The van der Waals surface area contributed by atoms with Gasteiger partial charge in [0, 0.05) is 44.0 Å². The van der Waals surface area contributed by atoms with Crippen molar-refractivity contribution in [2.45, 2.75) is 26.4 Å². The van der Waals surface area contributed by atoms with Gasteiger partial charge < -0.3 is 11.1 Å². The summed E-state index contributed by atoms with van der Waals surface area (Å²) >= 11 is 0. The molecule has 0 aliphatic heterocycles. The largest absolute Gasteiger partial charge is 0.383 e. The summed E-state index contributed by atoms with van der Waals surface area (Å²) in [6, 6.07) is 5.68. The highest BCUT2D eigenvalue weighted by molar-refractivity contribution is 7.89. The molecule has 0 atom stereocenters. The summed E-state index contributed by atoms with van der Waals surface area (Å²) in [4.78, 5) is 8.26. The molecular formula is C19H25FN8O2S. The zero-order chi connectivity index (χ0) is 22.3. The Kier molecular flexibility index (Phi) is 7.60. The molecule has 2 heterocycles. The number of rotatable bonds is 11. The van der Waals surface area contributed by atoms with Crippen LogP contribution in [0.1, 0.15) is 22.6 Å². The zero-order valence-corrected chi connectivity index (χ0v) is 17.9. The maximum Gasteiger partial charge on any atom is 0.213 e. The van der Waals surface area contributed by atoms with Gasteiger partial charge in [-0.25, -0.2) is 32.2 Å². The molecular weight excluding hydrogens is 423 g/mol. The molecule has 0 saturated carbocycles. The molecule has 0 fully saturated rings.